The van der Waals surface area contributed by atoms with Crippen molar-refractivity contribution in [2.45, 2.75) is 38.6 Å². The van der Waals surface area contributed by atoms with Crippen molar-refractivity contribution in [3.63, 3.8) is 0 Å². The van der Waals surface area contributed by atoms with Crippen LogP contribution in [-0.4, -0.2) is 37.1 Å². The highest BCUT2D eigenvalue weighted by Gasteiger charge is 2.16. The molecule has 1 saturated heterocycles. The largest absolute Gasteiger partial charge is 0.313 e. The van der Waals surface area contributed by atoms with E-state index in [0.717, 1.165) is 13.0 Å². The summed E-state index contributed by atoms with van der Waals surface area (Å²) < 4.78 is 0. The number of hydrogen-bond donors (Lipinski definition) is 1. The lowest BCUT2D eigenvalue weighted by molar-refractivity contribution is 0.255. The third kappa shape index (κ3) is 4.13. The molecule has 0 aromatic heterocycles. The van der Waals surface area contributed by atoms with Crippen LogP contribution in [0.5, 0.6) is 0 Å². The number of terminal acetylenes is 1. The molecule has 2 nitrogen and oxygen atoms in total. The molecule has 0 aliphatic carbocycles. The molecule has 0 spiro atoms. The normalized spacial score (nSPS) is 21.4. The van der Waals surface area contributed by atoms with E-state index in [1.165, 1.54) is 38.9 Å². The highest BCUT2D eigenvalue weighted by Crippen LogP contribution is 2.07. The van der Waals surface area contributed by atoms with Crippen molar-refractivity contribution >= 4 is 0 Å². The Morgan fingerprint density at radius 3 is 2.93 bits per heavy atom. The van der Waals surface area contributed by atoms with E-state index < -0.39 is 0 Å². The van der Waals surface area contributed by atoms with Gasteiger partial charge in [0.2, 0.25) is 0 Å². The van der Waals surface area contributed by atoms with E-state index in [9.17, 15) is 0 Å². The lowest BCUT2D eigenvalue weighted by Crippen LogP contribution is -2.38. The van der Waals surface area contributed by atoms with Crippen LogP contribution < -0.4 is 5.32 Å². The second-order valence-electron chi connectivity index (χ2n) is 4.05. The molecule has 1 rings (SSSR count). The fraction of sp³-hybridized carbons (Fsp3) is 0.833. The van der Waals surface area contributed by atoms with E-state index in [0.29, 0.717) is 6.04 Å². The summed E-state index contributed by atoms with van der Waals surface area (Å²) in [5.41, 5.74) is 0. The van der Waals surface area contributed by atoms with Gasteiger partial charge in [0.05, 0.1) is 0 Å². The van der Waals surface area contributed by atoms with Crippen molar-refractivity contribution < 1.29 is 0 Å². The van der Waals surface area contributed by atoms with Crippen LogP contribution in [0.25, 0.3) is 0 Å². The van der Waals surface area contributed by atoms with Crippen LogP contribution in [0.1, 0.15) is 32.6 Å². The highest BCUT2D eigenvalue weighted by molar-refractivity contribution is 4.86. The summed E-state index contributed by atoms with van der Waals surface area (Å²) in [6.07, 6.45) is 10.1. The summed E-state index contributed by atoms with van der Waals surface area (Å²) >= 11 is 0. The van der Waals surface area contributed by atoms with Gasteiger partial charge in [-0.3, -0.25) is 0 Å². The van der Waals surface area contributed by atoms with E-state index in [4.69, 9.17) is 6.42 Å². The maximum Gasteiger partial charge on any atom is 0.0214 e. The Balaban J connectivity index is 2.22. The molecule has 1 fully saturated rings. The first-order valence-corrected chi connectivity index (χ1v) is 5.76. The maximum atomic E-state index is 5.29. The van der Waals surface area contributed by atoms with E-state index in [1.54, 1.807) is 0 Å². The lowest BCUT2D eigenvalue weighted by atomic mass is 10.2. The average molecular weight is 194 g/mol. The van der Waals surface area contributed by atoms with Gasteiger partial charge in [-0.05, 0) is 32.4 Å². The standard InChI is InChI=1S/C12H22N2/c1-3-5-10-14(9-4-2)11-12-7-6-8-13-12/h1,12-13H,4-11H2,2H3. The smallest absolute Gasteiger partial charge is 0.0214 e. The predicted octanol–water partition coefficient (Wildman–Crippen LogP) is 1.47. The van der Waals surface area contributed by atoms with Crippen LogP contribution in [0.15, 0.2) is 0 Å². The summed E-state index contributed by atoms with van der Waals surface area (Å²) in [5.74, 6) is 2.72. The highest BCUT2D eigenvalue weighted by atomic mass is 15.1. The molecule has 0 aromatic carbocycles. The van der Waals surface area contributed by atoms with Crippen LogP contribution in [0.2, 0.25) is 0 Å². The second kappa shape index (κ2) is 6.86. The van der Waals surface area contributed by atoms with E-state index in [-0.39, 0.29) is 0 Å². The van der Waals surface area contributed by atoms with Crippen molar-refractivity contribution in [2.75, 3.05) is 26.2 Å². The quantitative estimate of drug-likeness (QED) is 0.644. The molecule has 0 amide bonds. The first-order chi connectivity index (χ1) is 6.86. The molecule has 1 heterocycles. The van der Waals surface area contributed by atoms with Gasteiger partial charge in [0, 0.05) is 25.6 Å². The van der Waals surface area contributed by atoms with Gasteiger partial charge in [0.1, 0.15) is 0 Å². The van der Waals surface area contributed by atoms with Crippen molar-refractivity contribution in [3.8, 4) is 12.3 Å². The van der Waals surface area contributed by atoms with E-state index >= 15 is 0 Å². The van der Waals surface area contributed by atoms with E-state index in [1.807, 2.05) is 0 Å². The zero-order valence-electron chi connectivity index (χ0n) is 9.26. The SMILES string of the molecule is C#CCCN(CCC)CC1CCCN1. The third-order valence-corrected chi connectivity index (χ3v) is 2.75. The van der Waals surface area contributed by atoms with Gasteiger partial charge in [0.15, 0.2) is 0 Å². The van der Waals surface area contributed by atoms with Gasteiger partial charge in [-0.2, -0.15) is 0 Å². The van der Waals surface area contributed by atoms with Crippen LogP contribution in [0.3, 0.4) is 0 Å². The summed E-state index contributed by atoms with van der Waals surface area (Å²) in [7, 11) is 0. The molecule has 1 aliphatic heterocycles. The first kappa shape index (κ1) is 11.6. The lowest BCUT2D eigenvalue weighted by Gasteiger charge is -2.24. The zero-order chi connectivity index (χ0) is 10.2. The first-order valence-electron chi connectivity index (χ1n) is 5.76. The van der Waals surface area contributed by atoms with Crippen molar-refractivity contribution in [1.82, 2.24) is 10.2 Å². The zero-order valence-corrected chi connectivity index (χ0v) is 9.26. The predicted molar refractivity (Wildman–Crippen MR) is 61.2 cm³/mol. The molecular formula is C12H22N2. The molecule has 1 aliphatic rings. The van der Waals surface area contributed by atoms with Crippen molar-refractivity contribution in [1.29, 1.82) is 0 Å². The molecule has 14 heavy (non-hydrogen) atoms. The number of nitrogens with one attached hydrogen (secondary N) is 1. The van der Waals surface area contributed by atoms with Crippen LogP contribution in [-0.2, 0) is 0 Å². The second-order valence-corrected chi connectivity index (χ2v) is 4.05. The molecule has 2 heteroatoms. The number of rotatable bonds is 6. The van der Waals surface area contributed by atoms with Crippen LogP contribution in [0.4, 0.5) is 0 Å². The Morgan fingerprint density at radius 2 is 2.36 bits per heavy atom. The Labute approximate surface area is 88.1 Å². The molecular weight excluding hydrogens is 172 g/mol. The molecule has 1 unspecified atom stereocenters. The van der Waals surface area contributed by atoms with Gasteiger partial charge in [-0.1, -0.05) is 6.92 Å². The van der Waals surface area contributed by atoms with Crippen molar-refractivity contribution in [2.24, 2.45) is 0 Å². The minimum Gasteiger partial charge on any atom is -0.313 e. The summed E-state index contributed by atoms with van der Waals surface area (Å²) in [6.45, 7) is 6.84. The third-order valence-electron chi connectivity index (χ3n) is 2.75. The number of nitrogens with zero attached hydrogens (tertiary/aromatic N) is 1. The Kier molecular flexibility index (Phi) is 5.66. The average Bonchev–Trinajstić information content (AvgIpc) is 2.67. The molecule has 0 radical (unpaired) electrons. The maximum absolute atomic E-state index is 5.29. The van der Waals surface area contributed by atoms with Crippen LogP contribution in [0, 0.1) is 12.3 Å². The monoisotopic (exact) mass is 194 g/mol. The van der Waals surface area contributed by atoms with Crippen molar-refractivity contribution in [3.05, 3.63) is 0 Å². The molecule has 0 aromatic rings. The molecule has 0 bridgehead atoms. The molecule has 1 N–H and O–H groups in total. The minimum atomic E-state index is 0.708. The topological polar surface area (TPSA) is 15.3 Å². The fourth-order valence-corrected chi connectivity index (χ4v) is 2.06. The van der Waals surface area contributed by atoms with Gasteiger partial charge in [-0.25, -0.2) is 0 Å². The van der Waals surface area contributed by atoms with Gasteiger partial charge in [-0.15, -0.1) is 12.3 Å². The Morgan fingerprint density at radius 1 is 1.50 bits per heavy atom. The van der Waals surface area contributed by atoms with E-state index in [2.05, 4.69) is 23.1 Å². The summed E-state index contributed by atoms with van der Waals surface area (Å²) in [5, 5.41) is 3.53. The molecule has 0 saturated carbocycles. The number of hydrogen-bond acceptors (Lipinski definition) is 2. The van der Waals surface area contributed by atoms with Gasteiger partial charge in [0.25, 0.3) is 0 Å². The van der Waals surface area contributed by atoms with Gasteiger partial charge < -0.3 is 10.2 Å². The van der Waals surface area contributed by atoms with Crippen LogP contribution >= 0.6 is 0 Å². The minimum absolute atomic E-state index is 0.708. The fourth-order valence-electron chi connectivity index (χ4n) is 2.06. The Bertz CT molecular complexity index is 177. The Hall–Kier alpha value is -0.520. The molecule has 1 atom stereocenters. The summed E-state index contributed by atoms with van der Waals surface area (Å²) in [6, 6.07) is 0.708. The molecule has 80 valence electrons. The summed E-state index contributed by atoms with van der Waals surface area (Å²) in [4.78, 5) is 2.49. The van der Waals surface area contributed by atoms with Gasteiger partial charge >= 0.3 is 0 Å².